The third kappa shape index (κ3) is 4.32. The molecule has 9 heteroatoms. The van der Waals surface area contributed by atoms with E-state index in [9.17, 15) is 29.2 Å². The minimum Gasteiger partial charge on any atom is -0.507 e. The third-order valence-corrected chi connectivity index (χ3v) is 3.44. The van der Waals surface area contributed by atoms with Gasteiger partial charge in [0.1, 0.15) is 11.3 Å². The summed E-state index contributed by atoms with van der Waals surface area (Å²) in [5.41, 5.74) is -0.184. The molecule has 136 valence electrons. The summed E-state index contributed by atoms with van der Waals surface area (Å²) in [7, 11) is 0. The second-order valence-corrected chi connectivity index (χ2v) is 5.48. The van der Waals surface area contributed by atoms with E-state index in [-0.39, 0.29) is 17.0 Å². The number of halogens is 1. The summed E-state index contributed by atoms with van der Waals surface area (Å²) in [6, 6.07) is 7.17. The van der Waals surface area contributed by atoms with Gasteiger partial charge in [0.25, 0.3) is 5.91 Å². The number of esters is 1. The van der Waals surface area contributed by atoms with E-state index >= 15 is 0 Å². The number of ether oxygens (including phenoxy) is 1. The zero-order chi connectivity index (χ0) is 19.4. The van der Waals surface area contributed by atoms with Gasteiger partial charge in [0, 0.05) is 11.8 Å². The van der Waals surface area contributed by atoms with Crippen molar-refractivity contribution in [3.8, 4) is 5.75 Å². The molecule has 0 saturated heterocycles. The van der Waals surface area contributed by atoms with Gasteiger partial charge in [-0.25, -0.2) is 4.79 Å². The number of aryl methyl sites for hydroxylation is 1. The Labute approximate surface area is 147 Å². The number of amides is 1. The number of rotatable bonds is 5. The molecule has 0 unspecified atom stereocenters. The minimum atomic E-state index is -1.26. The van der Waals surface area contributed by atoms with E-state index in [2.05, 4.69) is 5.32 Å². The number of nitro benzene ring substituents is 1. The molecule has 1 amide bonds. The predicted molar refractivity (Wildman–Crippen MR) is 89.4 cm³/mol. The van der Waals surface area contributed by atoms with Crippen LogP contribution in [0.2, 0.25) is 0 Å². The molecule has 0 fully saturated rings. The molecule has 0 aliphatic heterocycles. The Balaban J connectivity index is 2.07. The Morgan fingerprint density at radius 2 is 1.96 bits per heavy atom. The Hall–Kier alpha value is -3.49. The molecule has 0 saturated carbocycles. The molecule has 0 aliphatic carbocycles. The van der Waals surface area contributed by atoms with Gasteiger partial charge in [-0.1, -0.05) is 6.07 Å². The lowest BCUT2D eigenvalue weighted by Gasteiger charge is -2.14. The van der Waals surface area contributed by atoms with Crippen LogP contribution in [-0.4, -0.2) is 28.0 Å². The van der Waals surface area contributed by atoms with Gasteiger partial charge in [-0.05, 0) is 43.7 Å². The number of aromatic hydroxyl groups is 1. The lowest BCUT2D eigenvalue weighted by atomic mass is 10.1. The van der Waals surface area contributed by atoms with Crippen molar-refractivity contribution in [2.24, 2.45) is 0 Å². The van der Waals surface area contributed by atoms with Gasteiger partial charge in [0.05, 0.1) is 4.92 Å². The maximum Gasteiger partial charge on any atom is 0.342 e. The smallest absolute Gasteiger partial charge is 0.342 e. The fourth-order valence-electron chi connectivity index (χ4n) is 2.07. The SMILES string of the molecule is Cc1ccc(C(=O)O[C@H](C)C(=O)Nc2ccc(F)c([N+](=O)[O-])c2)c(O)c1. The van der Waals surface area contributed by atoms with Crippen molar-refractivity contribution < 1.29 is 28.7 Å². The van der Waals surface area contributed by atoms with Gasteiger partial charge in [-0.15, -0.1) is 0 Å². The first-order valence-electron chi connectivity index (χ1n) is 7.44. The van der Waals surface area contributed by atoms with Crippen LogP contribution in [-0.2, 0) is 9.53 Å². The monoisotopic (exact) mass is 362 g/mol. The number of carbonyl (C=O) groups is 2. The van der Waals surface area contributed by atoms with E-state index in [1.54, 1.807) is 13.0 Å². The second kappa shape index (κ2) is 7.60. The maximum atomic E-state index is 13.3. The standard InChI is InChI=1S/C17H15FN2O6/c1-9-3-5-12(15(21)7-9)17(23)26-10(2)16(22)19-11-4-6-13(18)14(8-11)20(24)25/h3-8,10,21H,1-2H3,(H,19,22)/t10-/m1/s1. The summed E-state index contributed by atoms with van der Waals surface area (Å²) in [4.78, 5) is 33.9. The highest BCUT2D eigenvalue weighted by atomic mass is 19.1. The molecule has 0 heterocycles. The van der Waals surface area contributed by atoms with Crippen molar-refractivity contribution in [3.63, 3.8) is 0 Å². The molecule has 0 bridgehead atoms. The highest BCUT2D eigenvalue weighted by Crippen LogP contribution is 2.22. The molecule has 26 heavy (non-hydrogen) atoms. The molecule has 0 aliphatic rings. The molecular weight excluding hydrogens is 347 g/mol. The van der Waals surface area contributed by atoms with Gasteiger partial charge in [0.2, 0.25) is 5.82 Å². The van der Waals surface area contributed by atoms with E-state index in [0.717, 1.165) is 23.8 Å². The number of nitrogens with one attached hydrogen (secondary N) is 1. The molecule has 0 spiro atoms. The summed E-state index contributed by atoms with van der Waals surface area (Å²) >= 11 is 0. The molecule has 8 nitrogen and oxygen atoms in total. The Morgan fingerprint density at radius 3 is 2.58 bits per heavy atom. The van der Waals surface area contributed by atoms with Crippen LogP contribution < -0.4 is 5.32 Å². The van der Waals surface area contributed by atoms with Gasteiger partial charge in [0.15, 0.2) is 6.10 Å². The topological polar surface area (TPSA) is 119 Å². The zero-order valence-corrected chi connectivity index (χ0v) is 13.9. The van der Waals surface area contributed by atoms with Crippen molar-refractivity contribution in [1.29, 1.82) is 0 Å². The van der Waals surface area contributed by atoms with Gasteiger partial charge in [-0.3, -0.25) is 14.9 Å². The Bertz CT molecular complexity index is 884. The van der Waals surface area contributed by atoms with Crippen LogP contribution in [0.15, 0.2) is 36.4 Å². The third-order valence-electron chi connectivity index (χ3n) is 3.44. The van der Waals surface area contributed by atoms with Crippen LogP contribution >= 0.6 is 0 Å². The van der Waals surface area contributed by atoms with Crippen LogP contribution in [0.5, 0.6) is 5.75 Å². The maximum absolute atomic E-state index is 13.3. The quantitative estimate of drug-likeness (QED) is 0.479. The van der Waals surface area contributed by atoms with Crippen molar-refractivity contribution in [2.45, 2.75) is 20.0 Å². The molecule has 0 radical (unpaired) electrons. The number of phenols is 1. The average molecular weight is 362 g/mol. The van der Waals surface area contributed by atoms with Crippen LogP contribution in [0.25, 0.3) is 0 Å². The number of nitrogens with zero attached hydrogens (tertiary/aromatic N) is 1. The number of benzene rings is 2. The molecule has 1 atom stereocenters. The van der Waals surface area contributed by atoms with E-state index in [1.807, 2.05) is 0 Å². The summed E-state index contributed by atoms with van der Waals surface area (Å²) in [5.74, 6) is -3.00. The first kappa shape index (κ1) is 18.8. The average Bonchev–Trinajstić information content (AvgIpc) is 2.55. The lowest BCUT2D eigenvalue weighted by molar-refractivity contribution is -0.387. The summed E-state index contributed by atoms with van der Waals surface area (Å²) in [6.07, 6.45) is -1.26. The van der Waals surface area contributed by atoms with Crippen molar-refractivity contribution in [2.75, 3.05) is 5.32 Å². The Kier molecular flexibility index (Phi) is 5.51. The van der Waals surface area contributed by atoms with Gasteiger partial charge >= 0.3 is 11.7 Å². The van der Waals surface area contributed by atoms with Crippen molar-refractivity contribution in [1.82, 2.24) is 0 Å². The van der Waals surface area contributed by atoms with Crippen LogP contribution in [0.1, 0.15) is 22.8 Å². The number of carbonyl (C=O) groups excluding carboxylic acids is 2. The van der Waals surface area contributed by atoms with Gasteiger partial charge < -0.3 is 15.2 Å². The minimum absolute atomic E-state index is 0.0239. The largest absolute Gasteiger partial charge is 0.507 e. The van der Waals surface area contributed by atoms with E-state index in [1.165, 1.54) is 19.1 Å². The lowest BCUT2D eigenvalue weighted by Crippen LogP contribution is -2.30. The number of anilines is 1. The number of hydrogen-bond donors (Lipinski definition) is 2. The highest BCUT2D eigenvalue weighted by Gasteiger charge is 2.22. The van der Waals surface area contributed by atoms with Crippen LogP contribution in [0.4, 0.5) is 15.8 Å². The normalized spacial score (nSPS) is 11.5. The summed E-state index contributed by atoms with van der Waals surface area (Å²) in [6.45, 7) is 3.02. The highest BCUT2D eigenvalue weighted by molar-refractivity contribution is 5.98. The predicted octanol–water partition coefficient (Wildman–Crippen LogP) is 2.93. The summed E-state index contributed by atoms with van der Waals surface area (Å²) < 4.78 is 18.3. The number of nitro groups is 1. The van der Waals surface area contributed by atoms with E-state index in [4.69, 9.17) is 4.74 Å². The number of hydrogen-bond acceptors (Lipinski definition) is 6. The fraction of sp³-hybridized carbons (Fsp3) is 0.176. The molecule has 2 rings (SSSR count). The van der Waals surface area contributed by atoms with Gasteiger partial charge in [-0.2, -0.15) is 4.39 Å². The zero-order valence-electron chi connectivity index (χ0n) is 13.9. The van der Waals surface area contributed by atoms with Crippen molar-refractivity contribution in [3.05, 3.63) is 63.5 Å². The molecule has 2 N–H and O–H groups in total. The van der Waals surface area contributed by atoms with Crippen LogP contribution in [0.3, 0.4) is 0 Å². The molecule has 0 aromatic heterocycles. The molecular formula is C17H15FN2O6. The van der Waals surface area contributed by atoms with Crippen LogP contribution in [0, 0.1) is 22.9 Å². The van der Waals surface area contributed by atoms with E-state index in [0.29, 0.717) is 0 Å². The fourth-order valence-corrected chi connectivity index (χ4v) is 2.07. The van der Waals surface area contributed by atoms with E-state index < -0.39 is 34.4 Å². The molecule has 2 aromatic rings. The van der Waals surface area contributed by atoms with Crippen molar-refractivity contribution >= 4 is 23.3 Å². The molecule has 2 aromatic carbocycles. The number of phenolic OH excluding ortho intramolecular Hbond substituents is 1. The first-order chi connectivity index (χ1) is 12.2. The Morgan fingerprint density at radius 1 is 1.27 bits per heavy atom. The second-order valence-electron chi connectivity index (χ2n) is 5.48. The first-order valence-corrected chi connectivity index (χ1v) is 7.44. The summed E-state index contributed by atoms with van der Waals surface area (Å²) in [5, 5.41) is 22.8.